The molecule has 0 bridgehead atoms. The molecule has 0 saturated carbocycles. The summed E-state index contributed by atoms with van der Waals surface area (Å²) in [5.41, 5.74) is 0.433. The second kappa shape index (κ2) is 3.19. The van der Waals surface area contributed by atoms with E-state index in [0.717, 1.165) is 9.61 Å². The largest absolute Gasteiger partial charge is 0.478 e. The lowest BCUT2D eigenvalue weighted by atomic mass is 10.2. The molecule has 0 amide bonds. The monoisotopic (exact) mass is 209 g/mol. The molecule has 0 aliphatic heterocycles. The highest BCUT2D eigenvalue weighted by molar-refractivity contribution is 7.13. The fourth-order valence-electron chi connectivity index (χ4n) is 1.25. The van der Waals surface area contributed by atoms with Gasteiger partial charge in [0.05, 0.1) is 10.4 Å². The third-order valence-electron chi connectivity index (χ3n) is 1.85. The molecule has 0 atom stereocenters. The average molecular weight is 209 g/mol. The average Bonchev–Trinajstić information content (AvgIpc) is 2.71. The Kier molecular flexibility index (Phi) is 2.01. The van der Waals surface area contributed by atoms with E-state index in [9.17, 15) is 10.0 Å². The Bertz CT molecular complexity index is 458. The molecule has 72 valence electrons. The van der Waals surface area contributed by atoms with Crippen molar-refractivity contribution in [3.05, 3.63) is 35.3 Å². The smallest absolute Gasteiger partial charge is 0.338 e. The molecular weight excluding hydrogens is 202 g/mol. The molecule has 0 saturated heterocycles. The van der Waals surface area contributed by atoms with Crippen LogP contribution in [0.1, 0.15) is 10.4 Å². The minimum Gasteiger partial charge on any atom is -0.478 e. The third-order valence-corrected chi connectivity index (χ3v) is 2.73. The van der Waals surface area contributed by atoms with E-state index in [-0.39, 0.29) is 5.56 Å². The van der Waals surface area contributed by atoms with E-state index in [0.29, 0.717) is 5.69 Å². The maximum Gasteiger partial charge on any atom is 0.338 e. The van der Waals surface area contributed by atoms with E-state index in [1.807, 2.05) is 5.38 Å². The van der Waals surface area contributed by atoms with Gasteiger partial charge in [0.15, 0.2) is 0 Å². The number of carbonyl (C=O) groups is 1. The lowest BCUT2D eigenvalue weighted by Gasteiger charge is -2.00. The van der Waals surface area contributed by atoms with Crippen molar-refractivity contribution >= 4 is 17.3 Å². The minimum absolute atomic E-state index is 0.106. The van der Waals surface area contributed by atoms with E-state index in [4.69, 9.17) is 5.11 Å². The van der Waals surface area contributed by atoms with Crippen molar-refractivity contribution in [2.24, 2.45) is 0 Å². The van der Waals surface area contributed by atoms with Crippen molar-refractivity contribution in [3.8, 4) is 10.6 Å². The van der Waals surface area contributed by atoms with Crippen LogP contribution in [0.15, 0.2) is 29.8 Å². The highest BCUT2D eigenvalue weighted by Crippen LogP contribution is 2.28. The number of nitrogens with zero attached hydrogens (tertiary/aromatic N) is 1. The van der Waals surface area contributed by atoms with Gasteiger partial charge in [-0.15, -0.1) is 11.3 Å². The Labute approximate surface area is 83.6 Å². The molecule has 0 radical (unpaired) electrons. The molecule has 0 unspecified atom stereocenters. The van der Waals surface area contributed by atoms with Crippen LogP contribution in [0.4, 0.5) is 0 Å². The first-order valence-electron chi connectivity index (χ1n) is 3.88. The number of hydrogen-bond donors (Lipinski definition) is 2. The molecule has 0 aliphatic carbocycles. The van der Waals surface area contributed by atoms with Gasteiger partial charge in [-0.2, -0.15) is 4.73 Å². The second-order valence-corrected chi connectivity index (χ2v) is 3.65. The van der Waals surface area contributed by atoms with Crippen LogP contribution in [0.3, 0.4) is 0 Å². The molecule has 0 fully saturated rings. The van der Waals surface area contributed by atoms with Gasteiger partial charge in [0.2, 0.25) is 0 Å². The zero-order valence-electron chi connectivity index (χ0n) is 7.04. The Balaban J connectivity index is 2.62. The predicted octanol–water partition coefficient (Wildman–Crippen LogP) is 2.15. The summed E-state index contributed by atoms with van der Waals surface area (Å²) in [5, 5.41) is 20.1. The van der Waals surface area contributed by atoms with Crippen LogP contribution < -0.4 is 0 Å². The highest BCUT2D eigenvalue weighted by Gasteiger charge is 2.17. The zero-order valence-corrected chi connectivity index (χ0v) is 7.86. The molecule has 0 spiro atoms. The van der Waals surface area contributed by atoms with Crippen LogP contribution in [-0.4, -0.2) is 21.0 Å². The Morgan fingerprint density at radius 2 is 2.21 bits per heavy atom. The number of carboxylic acids is 1. The second-order valence-electron chi connectivity index (χ2n) is 2.71. The van der Waals surface area contributed by atoms with Gasteiger partial charge in [-0.25, -0.2) is 4.79 Å². The van der Waals surface area contributed by atoms with Gasteiger partial charge in [0.25, 0.3) is 0 Å². The van der Waals surface area contributed by atoms with Crippen molar-refractivity contribution in [2.75, 3.05) is 0 Å². The summed E-state index contributed by atoms with van der Waals surface area (Å²) in [4.78, 5) is 11.5. The molecule has 5 heteroatoms. The number of hydrogen-bond acceptors (Lipinski definition) is 3. The lowest BCUT2D eigenvalue weighted by molar-refractivity contribution is 0.0696. The minimum atomic E-state index is -1.04. The fourth-order valence-corrected chi connectivity index (χ4v) is 2.03. The summed E-state index contributed by atoms with van der Waals surface area (Å²) < 4.78 is 0.829. The van der Waals surface area contributed by atoms with Crippen molar-refractivity contribution in [1.29, 1.82) is 0 Å². The number of aromatic nitrogens is 1. The SMILES string of the molecule is O=C(O)c1ccn(O)c1-c1cccs1. The molecule has 2 aromatic rings. The number of thiophene rings is 1. The normalized spacial score (nSPS) is 10.3. The highest BCUT2D eigenvalue weighted by atomic mass is 32.1. The van der Waals surface area contributed by atoms with Crippen molar-refractivity contribution in [1.82, 2.24) is 4.73 Å². The Morgan fingerprint density at radius 3 is 2.79 bits per heavy atom. The lowest BCUT2D eigenvalue weighted by Crippen LogP contribution is -1.99. The molecular formula is C9H7NO3S. The number of rotatable bonds is 2. The molecule has 4 nitrogen and oxygen atoms in total. The summed E-state index contributed by atoms with van der Waals surface area (Å²) in [7, 11) is 0. The topological polar surface area (TPSA) is 62.5 Å². The summed E-state index contributed by atoms with van der Waals surface area (Å²) in [6, 6.07) is 4.94. The first-order valence-corrected chi connectivity index (χ1v) is 4.76. The van der Waals surface area contributed by atoms with Gasteiger partial charge in [-0.3, -0.25) is 0 Å². The summed E-state index contributed by atoms with van der Waals surface area (Å²) >= 11 is 1.38. The molecule has 2 aromatic heterocycles. The standard InChI is InChI=1S/C9H7NO3S/c11-9(12)6-3-4-10(13)8(6)7-2-1-5-14-7/h1-5,13H,(H,11,12). The van der Waals surface area contributed by atoms with Crippen LogP contribution in [0, 0.1) is 0 Å². The Hall–Kier alpha value is -1.75. The van der Waals surface area contributed by atoms with Crippen molar-refractivity contribution in [2.45, 2.75) is 0 Å². The van der Waals surface area contributed by atoms with Crippen molar-refractivity contribution < 1.29 is 15.1 Å². The maximum atomic E-state index is 10.8. The van der Waals surface area contributed by atoms with E-state index >= 15 is 0 Å². The van der Waals surface area contributed by atoms with Crippen LogP contribution in [-0.2, 0) is 0 Å². The molecule has 0 aromatic carbocycles. The van der Waals surface area contributed by atoms with E-state index < -0.39 is 5.97 Å². The predicted molar refractivity (Wildman–Crippen MR) is 51.9 cm³/mol. The number of aromatic carboxylic acids is 1. The number of carboxylic acid groups (broad SMARTS) is 1. The van der Waals surface area contributed by atoms with Gasteiger partial charge >= 0.3 is 5.97 Å². The quantitative estimate of drug-likeness (QED) is 0.745. The Morgan fingerprint density at radius 1 is 1.43 bits per heavy atom. The zero-order chi connectivity index (χ0) is 10.1. The molecule has 2 rings (SSSR count). The summed E-state index contributed by atoms with van der Waals surface area (Å²) in [6.07, 6.45) is 1.32. The summed E-state index contributed by atoms with van der Waals surface area (Å²) in [5.74, 6) is -1.04. The molecule has 14 heavy (non-hydrogen) atoms. The maximum absolute atomic E-state index is 10.8. The van der Waals surface area contributed by atoms with Crippen LogP contribution in [0.5, 0.6) is 0 Å². The third kappa shape index (κ3) is 1.27. The van der Waals surface area contributed by atoms with Gasteiger partial charge in [0, 0.05) is 6.20 Å². The molecule has 0 aliphatic rings. The molecule has 2 heterocycles. The first-order chi connectivity index (χ1) is 6.70. The van der Waals surface area contributed by atoms with E-state index in [2.05, 4.69) is 0 Å². The van der Waals surface area contributed by atoms with Gasteiger partial charge in [-0.1, -0.05) is 6.07 Å². The van der Waals surface area contributed by atoms with E-state index in [1.54, 1.807) is 12.1 Å². The van der Waals surface area contributed by atoms with Crippen molar-refractivity contribution in [3.63, 3.8) is 0 Å². The van der Waals surface area contributed by atoms with Gasteiger partial charge < -0.3 is 10.3 Å². The summed E-state index contributed by atoms with van der Waals surface area (Å²) in [6.45, 7) is 0. The van der Waals surface area contributed by atoms with Gasteiger partial charge in [-0.05, 0) is 17.5 Å². The van der Waals surface area contributed by atoms with Crippen LogP contribution in [0.25, 0.3) is 10.6 Å². The molecule has 2 N–H and O–H groups in total. The van der Waals surface area contributed by atoms with Crippen LogP contribution >= 0.6 is 11.3 Å². The van der Waals surface area contributed by atoms with E-state index in [1.165, 1.54) is 23.6 Å². The van der Waals surface area contributed by atoms with Gasteiger partial charge in [0.1, 0.15) is 5.69 Å². The fraction of sp³-hybridized carbons (Fsp3) is 0. The first kappa shape index (κ1) is 8.83. The van der Waals surface area contributed by atoms with Crippen LogP contribution in [0.2, 0.25) is 0 Å².